The first-order valence-corrected chi connectivity index (χ1v) is 12.2. The lowest BCUT2D eigenvalue weighted by Gasteiger charge is -2.14. The van der Waals surface area contributed by atoms with Crippen LogP contribution < -0.4 is 10.1 Å². The van der Waals surface area contributed by atoms with Gasteiger partial charge in [-0.1, -0.05) is 84.0 Å². The number of ether oxygens (including phenoxy) is 1. The van der Waals surface area contributed by atoms with E-state index in [2.05, 4.69) is 27.6 Å². The Kier molecular flexibility index (Phi) is 8.22. The van der Waals surface area contributed by atoms with Crippen molar-refractivity contribution in [2.24, 2.45) is 0 Å². The number of carbonyl (C=O) groups is 1. The summed E-state index contributed by atoms with van der Waals surface area (Å²) >= 11 is 7.58. The van der Waals surface area contributed by atoms with E-state index in [9.17, 15) is 4.79 Å². The molecule has 0 aliphatic heterocycles. The molecule has 1 heterocycles. The molecule has 4 aromatic rings. The summed E-state index contributed by atoms with van der Waals surface area (Å²) < 4.78 is 7.81. The fraction of sp³-hybridized carbons (Fsp3) is 0.192. The molecule has 0 bridgehead atoms. The number of hydrogen-bond donors (Lipinski definition) is 1. The van der Waals surface area contributed by atoms with Gasteiger partial charge in [0.15, 0.2) is 11.0 Å². The number of benzene rings is 3. The number of nitrogens with one attached hydrogen (secondary N) is 1. The Morgan fingerprint density at radius 3 is 2.41 bits per heavy atom. The average molecular weight is 493 g/mol. The number of nitrogens with zero attached hydrogens (tertiary/aromatic N) is 3. The minimum Gasteiger partial charge on any atom is -0.484 e. The largest absolute Gasteiger partial charge is 0.484 e. The standard InChI is InChI=1S/C26H25ClN4O2S/c1-19(25(32)28-17-16-20-10-4-2-5-11-20)34-26-30-29-24(31(26)21-12-6-3-7-13-21)18-33-23-15-9-8-14-22(23)27/h2-15,19H,16-18H2,1H3,(H,28,32). The van der Waals surface area contributed by atoms with Crippen LogP contribution in [-0.4, -0.2) is 32.5 Å². The van der Waals surface area contributed by atoms with E-state index in [-0.39, 0.29) is 17.8 Å². The first-order chi connectivity index (χ1) is 16.6. The number of hydrogen-bond acceptors (Lipinski definition) is 5. The second-order valence-corrected chi connectivity index (χ2v) is 9.29. The predicted molar refractivity (Wildman–Crippen MR) is 136 cm³/mol. The van der Waals surface area contributed by atoms with Crippen LogP contribution in [0.25, 0.3) is 5.69 Å². The summed E-state index contributed by atoms with van der Waals surface area (Å²) in [6.45, 7) is 2.63. The molecule has 0 fully saturated rings. The van der Waals surface area contributed by atoms with Gasteiger partial charge < -0.3 is 10.1 Å². The first-order valence-electron chi connectivity index (χ1n) is 11.0. The van der Waals surface area contributed by atoms with Gasteiger partial charge in [-0.15, -0.1) is 10.2 Å². The summed E-state index contributed by atoms with van der Waals surface area (Å²) in [6, 6.07) is 27.2. The molecule has 174 valence electrons. The Morgan fingerprint density at radius 1 is 1.00 bits per heavy atom. The molecular formula is C26H25ClN4O2S. The maximum absolute atomic E-state index is 12.7. The minimum atomic E-state index is -0.347. The van der Waals surface area contributed by atoms with Crippen molar-refractivity contribution in [1.82, 2.24) is 20.1 Å². The Hall–Kier alpha value is -3.29. The number of carbonyl (C=O) groups excluding carboxylic acids is 1. The number of thioether (sulfide) groups is 1. The van der Waals surface area contributed by atoms with Crippen LogP contribution in [0.15, 0.2) is 90.1 Å². The highest BCUT2D eigenvalue weighted by molar-refractivity contribution is 8.00. The van der Waals surface area contributed by atoms with Gasteiger partial charge in [0.25, 0.3) is 0 Å². The van der Waals surface area contributed by atoms with E-state index < -0.39 is 0 Å². The maximum atomic E-state index is 12.7. The van der Waals surface area contributed by atoms with Gasteiger partial charge in [-0.05, 0) is 43.2 Å². The number of rotatable bonds is 10. The fourth-order valence-corrected chi connectivity index (χ4v) is 4.44. The van der Waals surface area contributed by atoms with Gasteiger partial charge in [-0.3, -0.25) is 9.36 Å². The molecule has 4 rings (SSSR count). The molecule has 1 amide bonds. The molecule has 0 spiro atoms. The van der Waals surface area contributed by atoms with Crippen molar-refractivity contribution < 1.29 is 9.53 Å². The summed E-state index contributed by atoms with van der Waals surface area (Å²) in [6.07, 6.45) is 0.785. The third-order valence-electron chi connectivity index (χ3n) is 5.12. The van der Waals surface area contributed by atoms with E-state index in [1.807, 2.05) is 78.2 Å². The first kappa shape index (κ1) is 23.9. The molecule has 0 saturated carbocycles. The Morgan fingerprint density at radius 2 is 1.68 bits per heavy atom. The molecule has 0 aliphatic rings. The Balaban J connectivity index is 1.45. The third-order valence-corrected chi connectivity index (χ3v) is 6.47. The van der Waals surface area contributed by atoms with Crippen LogP contribution in [0.2, 0.25) is 5.02 Å². The molecule has 1 atom stereocenters. The summed E-state index contributed by atoms with van der Waals surface area (Å²) in [5.74, 6) is 1.15. The van der Waals surface area contributed by atoms with Crippen molar-refractivity contribution in [2.45, 2.75) is 30.4 Å². The van der Waals surface area contributed by atoms with Gasteiger partial charge in [0, 0.05) is 12.2 Å². The van der Waals surface area contributed by atoms with Crippen molar-refractivity contribution in [3.05, 3.63) is 101 Å². The second-order valence-electron chi connectivity index (χ2n) is 7.58. The second kappa shape index (κ2) is 11.7. The van der Waals surface area contributed by atoms with E-state index in [0.29, 0.717) is 28.3 Å². The molecule has 3 aromatic carbocycles. The van der Waals surface area contributed by atoms with Gasteiger partial charge in [-0.25, -0.2) is 0 Å². The lowest BCUT2D eigenvalue weighted by molar-refractivity contribution is -0.120. The molecule has 1 unspecified atom stereocenters. The van der Waals surface area contributed by atoms with Crippen molar-refractivity contribution in [2.75, 3.05) is 6.54 Å². The topological polar surface area (TPSA) is 69.0 Å². The van der Waals surface area contributed by atoms with E-state index in [1.54, 1.807) is 6.07 Å². The number of aromatic nitrogens is 3. The molecule has 1 N–H and O–H groups in total. The highest BCUT2D eigenvalue weighted by atomic mass is 35.5. The van der Waals surface area contributed by atoms with Crippen LogP contribution in [0.1, 0.15) is 18.3 Å². The zero-order chi connectivity index (χ0) is 23.8. The summed E-state index contributed by atoms with van der Waals surface area (Å²) in [4.78, 5) is 12.7. The van der Waals surface area contributed by atoms with E-state index in [1.165, 1.54) is 17.3 Å². The number of para-hydroxylation sites is 2. The number of halogens is 1. The lowest BCUT2D eigenvalue weighted by Crippen LogP contribution is -2.32. The van der Waals surface area contributed by atoms with Gasteiger partial charge in [0.1, 0.15) is 12.4 Å². The number of amides is 1. The fourth-order valence-electron chi connectivity index (χ4n) is 3.34. The van der Waals surface area contributed by atoms with Crippen molar-refractivity contribution in [3.63, 3.8) is 0 Å². The average Bonchev–Trinajstić information content (AvgIpc) is 3.26. The monoisotopic (exact) mass is 492 g/mol. The molecule has 0 aliphatic carbocycles. The molecule has 0 radical (unpaired) electrons. The van der Waals surface area contributed by atoms with E-state index in [4.69, 9.17) is 16.3 Å². The normalized spacial score (nSPS) is 11.7. The molecule has 8 heteroatoms. The Labute approximate surface area is 208 Å². The van der Waals surface area contributed by atoms with Crippen molar-refractivity contribution in [1.29, 1.82) is 0 Å². The highest BCUT2D eigenvalue weighted by Crippen LogP contribution is 2.28. The van der Waals surface area contributed by atoms with Gasteiger partial charge in [-0.2, -0.15) is 0 Å². The van der Waals surface area contributed by atoms with Gasteiger partial charge in [0.05, 0.1) is 10.3 Å². The third kappa shape index (κ3) is 6.18. The van der Waals surface area contributed by atoms with Crippen LogP contribution in [0.5, 0.6) is 5.75 Å². The van der Waals surface area contributed by atoms with Crippen LogP contribution >= 0.6 is 23.4 Å². The molecule has 1 aromatic heterocycles. The van der Waals surface area contributed by atoms with Crippen molar-refractivity contribution in [3.8, 4) is 11.4 Å². The van der Waals surface area contributed by atoms with Crippen LogP contribution in [0.4, 0.5) is 0 Å². The van der Waals surface area contributed by atoms with Gasteiger partial charge in [0.2, 0.25) is 5.91 Å². The zero-order valence-electron chi connectivity index (χ0n) is 18.7. The van der Waals surface area contributed by atoms with Crippen LogP contribution in [0.3, 0.4) is 0 Å². The Bertz CT molecular complexity index is 1220. The summed E-state index contributed by atoms with van der Waals surface area (Å²) in [5.41, 5.74) is 2.08. The summed E-state index contributed by atoms with van der Waals surface area (Å²) in [7, 11) is 0. The molecular weight excluding hydrogens is 468 g/mol. The quantitative estimate of drug-likeness (QED) is 0.303. The zero-order valence-corrected chi connectivity index (χ0v) is 20.3. The molecule has 6 nitrogen and oxygen atoms in total. The molecule has 0 saturated heterocycles. The maximum Gasteiger partial charge on any atom is 0.233 e. The smallest absolute Gasteiger partial charge is 0.233 e. The van der Waals surface area contributed by atoms with Gasteiger partial charge >= 0.3 is 0 Å². The van der Waals surface area contributed by atoms with Crippen molar-refractivity contribution >= 4 is 29.3 Å². The van der Waals surface area contributed by atoms with Crippen LogP contribution in [0, 0.1) is 0 Å². The molecule has 34 heavy (non-hydrogen) atoms. The van der Waals surface area contributed by atoms with Crippen LogP contribution in [-0.2, 0) is 17.8 Å². The highest BCUT2D eigenvalue weighted by Gasteiger charge is 2.21. The summed E-state index contributed by atoms with van der Waals surface area (Å²) in [5, 5.41) is 12.5. The SMILES string of the molecule is CC(Sc1nnc(COc2ccccc2Cl)n1-c1ccccc1)C(=O)NCCc1ccccc1. The van der Waals surface area contributed by atoms with E-state index in [0.717, 1.165) is 12.1 Å². The minimum absolute atomic E-state index is 0.0441. The predicted octanol–water partition coefficient (Wildman–Crippen LogP) is 5.34. The van der Waals surface area contributed by atoms with E-state index >= 15 is 0 Å². The lowest BCUT2D eigenvalue weighted by atomic mass is 10.1.